The highest BCUT2D eigenvalue weighted by molar-refractivity contribution is 6.29. The summed E-state index contributed by atoms with van der Waals surface area (Å²) in [4.78, 5) is 8.93. The first-order valence-corrected chi connectivity index (χ1v) is 7.60. The third-order valence-electron chi connectivity index (χ3n) is 4.21. The second-order valence-electron chi connectivity index (χ2n) is 5.92. The normalized spacial score (nSPS) is 30.6. The van der Waals surface area contributed by atoms with E-state index in [1.54, 1.807) is 0 Å². The van der Waals surface area contributed by atoms with Crippen molar-refractivity contribution < 1.29 is 4.74 Å². The molecular weight excluding hydrogens is 262 g/mol. The molecule has 1 saturated heterocycles. The van der Waals surface area contributed by atoms with E-state index in [0.717, 1.165) is 30.6 Å². The van der Waals surface area contributed by atoms with Crippen LogP contribution in [0.15, 0.2) is 6.07 Å². The van der Waals surface area contributed by atoms with Gasteiger partial charge in [0.05, 0.1) is 12.1 Å². The molecule has 0 radical (unpaired) electrons. The molecule has 1 aromatic rings. The van der Waals surface area contributed by atoms with Crippen LogP contribution in [0.5, 0.6) is 0 Å². The van der Waals surface area contributed by atoms with Crippen molar-refractivity contribution in [2.45, 2.75) is 50.2 Å². The molecule has 19 heavy (non-hydrogen) atoms. The lowest BCUT2D eigenvalue weighted by molar-refractivity contribution is 0.0898. The Hall–Kier alpha value is -0.870. The summed E-state index contributed by atoms with van der Waals surface area (Å²) in [5, 5.41) is 4.06. The Morgan fingerprint density at radius 3 is 2.74 bits per heavy atom. The fraction of sp³-hybridized carbons (Fsp3) is 0.714. The smallest absolute Gasteiger partial charge is 0.135 e. The Morgan fingerprint density at radius 1 is 1.16 bits per heavy atom. The Bertz CT molecular complexity index is 488. The molecule has 2 unspecified atom stereocenters. The van der Waals surface area contributed by atoms with Gasteiger partial charge in [-0.05, 0) is 38.0 Å². The number of nitrogens with zero attached hydrogens (tertiary/aromatic N) is 2. The molecule has 3 aliphatic rings. The van der Waals surface area contributed by atoms with Crippen molar-refractivity contribution in [2.24, 2.45) is 5.92 Å². The molecule has 2 saturated carbocycles. The van der Waals surface area contributed by atoms with E-state index in [-0.39, 0.29) is 0 Å². The predicted octanol–water partition coefficient (Wildman–Crippen LogP) is 2.99. The molecule has 2 atom stereocenters. The number of nitrogens with one attached hydrogen (secondary N) is 1. The molecular formula is C14H18ClN3O. The van der Waals surface area contributed by atoms with E-state index in [2.05, 4.69) is 15.3 Å². The molecule has 2 aliphatic carbocycles. The van der Waals surface area contributed by atoms with Crippen LogP contribution < -0.4 is 5.32 Å². The van der Waals surface area contributed by atoms with E-state index < -0.39 is 0 Å². The second kappa shape index (κ2) is 4.60. The van der Waals surface area contributed by atoms with Gasteiger partial charge in [-0.25, -0.2) is 9.97 Å². The van der Waals surface area contributed by atoms with E-state index in [9.17, 15) is 0 Å². The monoisotopic (exact) mass is 279 g/mol. The second-order valence-corrected chi connectivity index (χ2v) is 6.31. The van der Waals surface area contributed by atoms with Crippen LogP contribution in [0.2, 0.25) is 5.15 Å². The molecule has 0 aromatic carbocycles. The topological polar surface area (TPSA) is 47.0 Å². The quantitative estimate of drug-likeness (QED) is 0.861. The van der Waals surface area contributed by atoms with Crippen molar-refractivity contribution >= 4 is 17.4 Å². The maximum atomic E-state index is 6.10. The maximum Gasteiger partial charge on any atom is 0.135 e. The minimum absolute atomic E-state index is 0.359. The molecule has 3 fully saturated rings. The first-order valence-electron chi connectivity index (χ1n) is 7.22. The average Bonchev–Trinajstić information content (AvgIpc) is 3.29. The van der Waals surface area contributed by atoms with Crippen molar-refractivity contribution in [2.75, 3.05) is 11.9 Å². The number of ether oxygens (including phenoxy) is 1. The van der Waals surface area contributed by atoms with Gasteiger partial charge in [-0.3, -0.25) is 0 Å². The zero-order valence-corrected chi connectivity index (χ0v) is 11.6. The van der Waals surface area contributed by atoms with Gasteiger partial charge < -0.3 is 10.1 Å². The van der Waals surface area contributed by atoms with Crippen molar-refractivity contribution in [3.8, 4) is 0 Å². The molecule has 4 rings (SSSR count). The third-order valence-corrected chi connectivity index (χ3v) is 4.40. The predicted molar refractivity (Wildman–Crippen MR) is 73.5 cm³/mol. The standard InChI is InChI=1S/C14H18ClN3O/c15-11-7-12(18-14(17-11)9-3-4-9)16-10-5-6-19-13(10)8-1-2-8/h7-10,13H,1-6H2,(H,16,17,18). The Morgan fingerprint density at radius 2 is 2.00 bits per heavy atom. The molecule has 102 valence electrons. The molecule has 5 heteroatoms. The van der Waals surface area contributed by atoms with Gasteiger partial charge in [0.1, 0.15) is 16.8 Å². The number of rotatable bonds is 4. The third kappa shape index (κ3) is 2.56. The fourth-order valence-corrected chi connectivity index (χ4v) is 3.07. The first kappa shape index (κ1) is 11.9. The van der Waals surface area contributed by atoms with Crippen LogP contribution in [0.25, 0.3) is 0 Å². The van der Waals surface area contributed by atoms with Crippen LogP contribution in [-0.2, 0) is 4.74 Å². The molecule has 1 aliphatic heterocycles. The summed E-state index contributed by atoms with van der Waals surface area (Å²) in [6, 6.07) is 2.21. The molecule has 0 spiro atoms. The summed E-state index contributed by atoms with van der Waals surface area (Å²) in [5.74, 6) is 3.04. The van der Waals surface area contributed by atoms with Crippen molar-refractivity contribution in [1.29, 1.82) is 0 Å². The zero-order chi connectivity index (χ0) is 12.8. The highest BCUT2D eigenvalue weighted by Gasteiger charge is 2.40. The van der Waals surface area contributed by atoms with E-state index in [1.165, 1.54) is 25.7 Å². The summed E-state index contributed by atoms with van der Waals surface area (Å²) < 4.78 is 5.84. The van der Waals surface area contributed by atoms with E-state index in [0.29, 0.717) is 23.2 Å². The lowest BCUT2D eigenvalue weighted by Gasteiger charge is -2.20. The lowest BCUT2D eigenvalue weighted by Crippen LogP contribution is -2.31. The number of hydrogen-bond acceptors (Lipinski definition) is 4. The fourth-order valence-electron chi connectivity index (χ4n) is 2.88. The minimum atomic E-state index is 0.359. The molecule has 0 bridgehead atoms. The highest BCUT2D eigenvalue weighted by atomic mass is 35.5. The van der Waals surface area contributed by atoms with Crippen molar-refractivity contribution in [3.05, 3.63) is 17.0 Å². The number of hydrogen-bond donors (Lipinski definition) is 1. The molecule has 1 N–H and O–H groups in total. The van der Waals surface area contributed by atoms with Crippen LogP contribution in [0, 0.1) is 5.92 Å². The van der Waals surface area contributed by atoms with Gasteiger partial charge in [0.25, 0.3) is 0 Å². The Labute approximate surface area is 117 Å². The van der Waals surface area contributed by atoms with Crippen molar-refractivity contribution in [1.82, 2.24) is 9.97 Å². The molecule has 1 aromatic heterocycles. The van der Waals surface area contributed by atoms with Gasteiger partial charge in [-0.1, -0.05) is 11.6 Å². The Balaban J connectivity index is 1.52. The summed E-state index contributed by atoms with van der Waals surface area (Å²) in [5.41, 5.74) is 0. The van der Waals surface area contributed by atoms with Crippen LogP contribution >= 0.6 is 11.6 Å². The van der Waals surface area contributed by atoms with Gasteiger partial charge in [-0.2, -0.15) is 0 Å². The molecule has 4 nitrogen and oxygen atoms in total. The number of halogens is 1. The zero-order valence-electron chi connectivity index (χ0n) is 10.8. The highest BCUT2D eigenvalue weighted by Crippen LogP contribution is 2.41. The van der Waals surface area contributed by atoms with Gasteiger partial charge in [-0.15, -0.1) is 0 Å². The summed E-state index contributed by atoms with van der Waals surface area (Å²) in [7, 11) is 0. The lowest BCUT2D eigenvalue weighted by atomic mass is 10.1. The molecule has 2 heterocycles. The summed E-state index contributed by atoms with van der Waals surface area (Å²) in [6.07, 6.45) is 6.41. The summed E-state index contributed by atoms with van der Waals surface area (Å²) in [6.45, 7) is 0.854. The molecule has 0 amide bonds. The number of anilines is 1. The summed E-state index contributed by atoms with van der Waals surface area (Å²) >= 11 is 6.10. The largest absolute Gasteiger partial charge is 0.376 e. The van der Waals surface area contributed by atoms with Gasteiger partial charge in [0.2, 0.25) is 0 Å². The van der Waals surface area contributed by atoms with Crippen LogP contribution in [0.1, 0.15) is 43.8 Å². The van der Waals surface area contributed by atoms with Crippen LogP contribution in [0.3, 0.4) is 0 Å². The van der Waals surface area contributed by atoms with Crippen LogP contribution in [-0.4, -0.2) is 28.7 Å². The first-order chi connectivity index (χ1) is 9.29. The van der Waals surface area contributed by atoms with E-state index >= 15 is 0 Å². The maximum absolute atomic E-state index is 6.10. The number of aromatic nitrogens is 2. The van der Waals surface area contributed by atoms with Gasteiger partial charge in [0.15, 0.2) is 0 Å². The van der Waals surface area contributed by atoms with Gasteiger partial charge >= 0.3 is 0 Å². The SMILES string of the molecule is Clc1cc(NC2CCOC2C2CC2)nc(C2CC2)n1. The van der Waals surface area contributed by atoms with Gasteiger partial charge in [0, 0.05) is 18.6 Å². The van der Waals surface area contributed by atoms with E-state index in [1.807, 2.05) is 6.07 Å². The van der Waals surface area contributed by atoms with E-state index in [4.69, 9.17) is 16.3 Å². The van der Waals surface area contributed by atoms with Crippen LogP contribution in [0.4, 0.5) is 5.82 Å². The minimum Gasteiger partial charge on any atom is -0.376 e. The van der Waals surface area contributed by atoms with Crippen molar-refractivity contribution in [3.63, 3.8) is 0 Å². The average molecular weight is 280 g/mol. The Kier molecular flexibility index (Phi) is 2.88.